The van der Waals surface area contributed by atoms with Gasteiger partial charge < -0.3 is 15.8 Å². The van der Waals surface area contributed by atoms with Crippen molar-refractivity contribution in [3.8, 4) is 0 Å². The van der Waals surface area contributed by atoms with Crippen molar-refractivity contribution in [2.45, 2.75) is 26.7 Å². The Morgan fingerprint density at radius 2 is 2.18 bits per heavy atom. The fraction of sp³-hybridized carbons (Fsp3) is 0.462. The van der Waals surface area contributed by atoms with Crippen molar-refractivity contribution in [3.63, 3.8) is 0 Å². The minimum atomic E-state index is -0.371. The van der Waals surface area contributed by atoms with Gasteiger partial charge in [0.05, 0.1) is 23.5 Å². The largest absolute Gasteiger partial charge is 0.462 e. The highest BCUT2D eigenvalue weighted by atomic mass is 16.5. The third-order valence-corrected chi connectivity index (χ3v) is 2.45. The van der Waals surface area contributed by atoms with Gasteiger partial charge in [-0.25, -0.2) is 4.79 Å². The van der Waals surface area contributed by atoms with Gasteiger partial charge in [0.15, 0.2) is 0 Å². The molecule has 3 N–H and O–H groups in total. The summed E-state index contributed by atoms with van der Waals surface area (Å²) in [4.78, 5) is 11.6. The van der Waals surface area contributed by atoms with Crippen molar-refractivity contribution < 1.29 is 9.53 Å². The van der Waals surface area contributed by atoms with E-state index in [1.165, 1.54) is 0 Å². The number of para-hydroxylation sites is 1. The van der Waals surface area contributed by atoms with Crippen LogP contribution in [0.5, 0.6) is 0 Å². The first-order chi connectivity index (χ1) is 8.20. The van der Waals surface area contributed by atoms with E-state index in [4.69, 9.17) is 10.5 Å². The molecule has 4 heteroatoms. The molecule has 0 fully saturated rings. The van der Waals surface area contributed by atoms with Gasteiger partial charge in [-0.1, -0.05) is 19.4 Å². The van der Waals surface area contributed by atoms with Crippen LogP contribution in [0.3, 0.4) is 0 Å². The third kappa shape index (κ3) is 3.66. The quantitative estimate of drug-likeness (QED) is 0.453. The number of nitrogen functional groups attached to an aromatic ring is 1. The van der Waals surface area contributed by atoms with E-state index in [0.29, 0.717) is 17.9 Å². The summed E-state index contributed by atoms with van der Waals surface area (Å²) in [6.07, 6.45) is 2.19. The number of unbranched alkanes of at least 4 members (excludes halogenated alkanes) is 1. The first-order valence-electron chi connectivity index (χ1n) is 6.00. The molecule has 4 nitrogen and oxygen atoms in total. The molecule has 0 unspecified atom stereocenters. The molecule has 0 aromatic heterocycles. The summed E-state index contributed by atoms with van der Waals surface area (Å²) >= 11 is 0. The van der Waals surface area contributed by atoms with Gasteiger partial charge in [-0.3, -0.25) is 0 Å². The fourth-order valence-corrected chi connectivity index (χ4v) is 1.51. The highest BCUT2D eigenvalue weighted by Gasteiger charge is 2.12. The van der Waals surface area contributed by atoms with Crippen LogP contribution in [-0.4, -0.2) is 19.1 Å². The number of anilines is 2. The van der Waals surface area contributed by atoms with E-state index in [1.54, 1.807) is 19.1 Å². The number of nitrogens with two attached hydrogens (primary N) is 1. The van der Waals surface area contributed by atoms with Crippen LogP contribution in [0.25, 0.3) is 0 Å². The topological polar surface area (TPSA) is 64.3 Å². The molecule has 1 aromatic carbocycles. The van der Waals surface area contributed by atoms with E-state index in [9.17, 15) is 4.79 Å². The molecule has 0 spiro atoms. The maximum Gasteiger partial charge on any atom is 0.340 e. The lowest BCUT2D eigenvalue weighted by Crippen LogP contribution is -2.11. The molecule has 0 aliphatic carbocycles. The summed E-state index contributed by atoms with van der Waals surface area (Å²) in [5.41, 5.74) is 7.61. The van der Waals surface area contributed by atoms with Crippen LogP contribution in [0.2, 0.25) is 0 Å². The van der Waals surface area contributed by atoms with E-state index in [-0.39, 0.29) is 5.97 Å². The molecular formula is C13H20N2O2. The van der Waals surface area contributed by atoms with E-state index < -0.39 is 0 Å². The second kappa shape index (κ2) is 6.78. The van der Waals surface area contributed by atoms with Gasteiger partial charge in [0.1, 0.15) is 0 Å². The van der Waals surface area contributed by atoms with Crippen LogP contribution in [0.1, 0.15) is 37.0 Å². The maximum atomic E-state index is 11.6. The average Bonchev–Trinajstić information content (AvgIpc) is 2.32. The van der Waals surface area contributed by atoms with Crippen LogP contribution in [0, 0.1) is 0 Å². The van der Waals surface area contributed by atoms with Gasteiger partial charge >= 0.3 is 5.97 Å². The van der Waals surface area contributed by atoms with Crippen molar-refractivity contribution in [1.82, 2.24) is 0 Å². The predicted molar refractivity (Wildman–Crippen MR) is 70.2 cm³/mol. The standard InChI is InChI=1S/C13H20N2O2/c1-3-5-9-15-11-8-6-7-10(12(11)14)13(16)17-4-2/h6-8,15H,3-5,9,14H2,1-2H3. The number of carbonyl (C=O) groups excluding carboxylic acids is 1. The maximum absolute atomic E-state index is 11.6. The third-order valence-electron chi connectivity index (χ3n) is 2.45. The van der Waals surface area contributed by atoms with Crippen LogP contribution in [0.4, 0.5) is 11.4 Å². The summed E-state index contributed by atoms with van der Waals surface area (Å²) in [6, 6.07) is 5.35. The van der Waals surface area contributed by atoms with Crippen LogP contribution >= 0.6 is 0 Å². The Bertz CT molecular complexity index is 378. The minimum absolute atomic E-state index is 0.353. The first-order valence-corrected chi connectivity index (χ1v) is 6.00. The number of carbonyl (C=O) groups is 1. The number of esters is 1. The number of ether oxygens (including phenoxy) is 1. The number of nitrogens with one attached hydrogen (secondary N) is 1. The molecule has 1 aromatic rings. The zero-order valence-corrected chi connectivity index (χ0v) is 10.5. The highest BCUT2D eigenvalue weighted by Crippen LogP contribution is 2.23. The molecule has 0 bridgehead atoms. The Morgan fingerprint density at radius 3 is 2.82 bits per heavy atom. The molecule has 0 saturated carbocycles. The lowest BCUT2D eigenvalue weighted by Gasteiger charge is -2.11. The Labute approximate surface area is 102 Å². The summed E-state index contributed by atoms with van der Waals surface area (Å²) < 4.78 is 4.94. The number of rotatable bonds is 6. The first kappa shape index (κ1) is 13.4. The molecule has 0 saturated heterocycles. The Kier molecular flexibility index (Phi) is 5.33. The van der Waals surface area contributed by atoms with Crippen molar-refractivity contribution >= 4 is 17.3 Å². The molecule has 0 aliphatic rings. The Morgan fingerprint density at radius 1 is 1.41 bits per heavy atom. The number of hydrogen-bond donors (Lipinski definition) is 2. The molecule has 0 radical (unpaired) electrons. The van der Waals surface area contributed by atoms with E-state index >= 15 is 0 Å². The number of benzene rings is 1. The highest BCUT2D eigenvalue weighted by molar-refractivity contribution is 5.98. The molecule has 0 aliphatic heterocycles. The second-order valence-corrected chi connectivity index (χ2v) is 3.77. The van der Waals surface area contributed by atoms with Gasteiger partial charge in [0.2, 0.25) is 0 Å². The number of hydrogen-bond acceptors (Lipinski definition) is 4. The molecule has 1 rings (SSSR count). The molecule has 0 heterocycles. The average molecular weight is 236 g/mol. The van der Waals surface area contributed by atoms with Crippen molar-refractivity contribution in [1.29, 1.82) is 0 Å². The summed E-state index contributed by atoms with van der Waals surface area (Å²) in [5, 5.41) is 3.22. The predicted octanol–water partition coefficient (Wildman–Crippen LogP) is 2.66. The van der Waals surface area contributed by atoms with Gasteiger partial charge in [-0.05, 0) is 25.5 Å². The fourth-order valence-electron chi connectivity index (χ4n) is 1.51. The zero-order chi connectivity index (χ0) is 12.7. The van der Waals surface area contributed by atoms with Crippen molar-refractivity contribution in [3.05, 3.63) is 23.8 Å². The SMILES string of the molecule is CCCCNc1cccc(C(=O)OCC)c1N. The zero-order valence-electron chi connectivity index (χ0n) is 10.5. The van der Waals surface area contributed by atoms with Gasteiger partial charge in [0.25, 0.3) is 0 Å². The lowest BCUT2D eigenvalue weighted by molar-refractivity contribution is 0.0527. The van der Waals surface area contributed by atoms with Gasteiger partial charge in [-0.2, -0.15) is 0 Å². The molecular weight excluding hydrogens is 216 g/mol. The van der Waals surface area contributed by atoms with Crippen molar-refractivity contribution in [2.24, 2.45) is 0 Å². The van der Waals surface area contributed by atoms with Gasteiger partial charge in [0, 0.05) is 6.54 Å². The summed E-state index contributed by atoms with van der Waals surface area (Å²) in [5.74, 6) is -0.371. The van der Waals surface area contributed by atoms with Crippen LogP contribution in [0.15, 0.2) is 18.2 Å². The molecule has 17 heavy (non-hydrogen) atoms. The summed E-state index contributed by atoms with van der Waals surface area (Å²) in [7, 11) is 0. The normalized spacial score (nSPS) is 10.0. The monoisotopic (exact) mass is 236 g/mol. The van der Waals surface area contributed by atoms with Crippen LogP contribution < -0.4 is 11.1 Å². The van der Waals surface area contributed by atoms with E-state index in [2.05, 4.69) is 12.2 Å². The molecule has 0 atom stereocenters. The second-order valence-electron chi connectivity index (χ2n) is 3.77. The smallest absolute Gasteiger partial charge is 0.340 e. The van der Waals surface area contributed by atoms with Crippen LogP contribution in [-0.2, 0) is 4.74 Å². The van der Waals surface area contributed by atoms with Crippen molar-refractivity contribution in [2.75, 3.05) is 24.2 Å². The lowest BCUT2D eigenvalue weighted by atomic mass is 10.1. The van der Waals surface area contributed by atoms with E-state index in [0.717, 1.165) is 25.1 Å². The van der Waals surface area contributed by atoms with Gasteiger partial charge in [-0.15, -0.1) is 0 Å². The van der Waals surface area contributed by atoms with E-state index in [1.807, 2.05) is 6.07 Å². The Balaban J connectivity index is 2.79. The minimum Gasteiger partial charge on any atom is -0.462 e. The molecule has 0 amide bonds. The summed E-state index contributed by atoms with van der Waals surface area (Å²) in [6.45, 7) is 5.11. The Hall–Kier alpha value is -1.71. The molecule has 94 valence electrons.